The quantitative estimate of drug-likeness (QED) is 0.423. The number of hydrogen-bond acceptors (Lipinski definition) is 9. The molecule has 9 nitrogen and oxygen atoms in total. The van der Waals surface area contributed by atoms with E-state index in [9.17, 15) is 14.4 Å². The zero-order chi connectivity index (χ0) is 18.0. The first kappa shape index (κ1) is 20.8. The topological polar surface area (TPSA) is 121 Å². The Morgan fingerprint density at radius 3 is 1.83 bits per heavy atom. The first-order valence-corrected chi connectivity index (χ1v) is 6.69. The molecular weight excluding hydrogens is 310 g/mol. The first-order chi connectivity index (χ1) is 10.8. The molecule has 0 saturated heterocycles. The highest BCUT2D eigenvalue weighted by molar-refractivity contribution is 5.67. The molecule has 0 spiro atoms. The monoisotopic (exact) mass is 331 g/mol. The maximum absolute atomic E-state index is 11.3. The molecule has 0 unspecified atom stereocenters. The third-order valence-corrected chi connectivity index (χ3v) is 2.71. The van der Waals surface area contributed by atoms with E-state index in [0.29, 0.717) is 0 Å². The average molecular weight is 331 g/mol. The van der Waals surface area contributed by atoms with Crippen molar-refractivity contribution < 1.29 is 38.1 Å². The van der Waals surface area contributed by atoms with Crippen LogP contribution in [0.4, 0.5) is 0 Å². The van der Waals surface area contributed by atoms with Crippen LogP contribution in [0.1, 0.15) is 20.8 Å². The summed E-state index contributed by atoms with van der Waals surface area (Å²) in [5.41, 5.74) is 0. The fourth-order valence-corrected chi connectivity index (χ4v) is 1.86. The van der Waals surface area contributed by atoms with E-state index in [2.05, 4.69) is 0 Å². The summed E-state index contributed by atoms with van der Waals surface area (Å²) in [6.07, 6.45) is -4.52. The van der Waals surface area contributed by atoms with Crippen molar-refractivity contribution >= 4 is 17.9 Å². The van der Waals surface area contributed by atoms with Gasteiger partial charge in [0.1, 0.15) is 12.7 Å². The van der Waals surface area contributed by atoms with Gasteiger partial charge in [-0.25, -0.2) is 0 Å². The summed E-state index contributed by atoms with van der Waals surface area (Å²) in [7, 11) is 2.53. The van der Waals surface area contributed by atoms with E-state index in [-0.39, 0.29) is 6.61 Å². The predicted octanol–water partition coefficient (Wildman–Crippen LogP) is -0.0335. The van der Waals surface area contributed by atoms with Gasteiger partial charge in [-0.2, -0.15) is 5.26 Å². The van der Waals surface area contributed by atoms with Gasteiger partial charge in [0.15, 0.2) is 18.3 Å². The Labute approximate surface area is 134 Å². The Morgan fingerprint density at radius 1 is 0.913 bits per heavy atom. The lowest BCUT2D eigenvalue weighted by molar-refractivity contribution is -0.188. The van der Waals surface area contributed by atoms with Crippen molar-refractivity contribution in [2.75, 3.05) is 20.8 Å². The lowest BCUT2D eigenvalue weighted by Gasteiger charge is -2.32. The molecule has 0 N–H and O–H groups in total. The minimum atomic E-state index is -1.19. The Bertz CT molecular complexity index is 458. The molecule has 0 aromatic heterocycles. The maximum Gasteiger partial charge on any atom is 0.303 e. The van der Waals surface area contributed by atoms with Crippen LogP contribution in [0.5, 0.6) is 0 Å². The van der Waals surface area contributed by atoms with Gasteiger partial charge >= 0.3 is 17.9 Å². The van der Waals surface area contributed by atoms with Crippen molar-refractivity contribution in [2.45, 2.75) is 45.2 Å². The van der Waals surface area contributed by atoms with Crippen molar-refractivity contribution in [2.24, 2.45) is 0 Å². The molecule has 4 atom stereocenters. The van der Waals surface area contributed by atoms with Gasteiger partial charge in [0, 0.05) is 35.0 Å². The summed E-state index contributed by atoms with van der Waals surface area (Å²) in [5.74, 6) is -1.93. The molecule has 0 fully saturated rings. The number of nitrogens with zero attached hydrogens (tertiary/aromatic N) is 1. The van der Waals surface area contributed by atoms with Gasteiger partial charge in [-0.1, -0.05) is 0 Å². The number of methoxy groups -OCH3 is 2. The Morgan fingerprint density at radius 2 is 1.48 bits per heavy atom. The van der Waals surface area contributed by atoms with Gasteiger partial charge in [0.05, 0.1) is 6.07 Å². The maximum atomic E-state index is 11.3. The number of hydrogen-bond donors (Lipinski definition) is 0. The van der Waals surface area contributed by atoms with Gasteiger partial charge in [-0.15, -0.1) is 0 Å². The minimum Gasteiger partial charge on any atom is -0.462 e. The largest absolute Gasteiger partial charge is 0.462 e. The number of carbonyl (C=O) groups excluding carboxylic acids is 3. The summed E-state index contributed by atoms with van der Waals surface area (Å²) >= 11 is 0. The van der Waals surface area contributed by atoms with Crippen LogP contribution in [-0.2, 0) is 38.1 Å². The van der Waals surface area contributed by atoms with E-state index in [1.54, 1.807) is 0 Å². The highest BCUT2D eigenvalue weighted by Crippen LogP contribution is 2.18. The summed E-state index contributed by atoms with van der Waals surface area (Å²) in [4.78, 5) is 33.5. The predicted molar refractivity (Wildman–Crippen MR) is 74.9 cm³/mol. The van der Waals surface area contributed by atoms with Crippen molar-refractivity contribution in [1.29, 1.82) is 5.26 Å². The smallest absolute Gasteiger partial charge is 0.303 e. The van der Waals surface area contributed by atoms with E-state index in [1.165, 1.54) is 21.1 Å². The summed E-state index contributed by atoms with van der Waals surface area (Å²) < 4.78 is 25.1. The van der Waals surface area contributed by atoms with Crippen molar-refractivity contribution in [3.8, 4) is 6.07 Å². The van der Waals surface area contributed by atoms with Crippen LogP contribution in [0.15, 0.2) is 0 Å². The first-order valence-electron chi connectivity index (χ1n) is 6.69. The van der Waals surface area contributed by atoms with Gasteiger partial charge in [0.2, 0.25) is 0 Å². The van der Waals surface area contributed by atoms with E-state index in [0.717, 1.165) is 13.8 Å². The van der Waals surface area contributed by atoms with Crippen LogP contribution >= 0.6 is 0 Å². The lowest BCUT2D eigenvalue weighted by Crippen LogP contribution is -2.51. The zero-order valence-corrected chi connectivity index (χ0v) is 13.7. The van der Waals surface area contributed by atoms with Crippen molar-refractivity contribution in [3.05, 3.63) is 0 Å². The van der Waals surface area contributed by atoms with Gasteiger partial charge in [0.25, 0.3) is 0 Å². The molecule has 0 aromatic rings. The van der Waals surface area contributed by atoms with E-state index in [4.69, 9.17) is 28.9 Å². The van der Waals surface area contributed by atoms with Gasteiger partial charge < -0.3 is 23.7 Å². The summed E-state index contributed by atoms with van der Waals surface area (Å²) in [6.45, 7) is 3.17. The molecule has 0 aliphatic carbocycles. The van der Waals surface area contributed by atoms with Crippen LogP contribution in [0, 0.1) is 11.3 Å². The molecule has 0 aliphatic heterocycles. The number of nitriles is 1. The van der Waals surface area contributed by atoms with Crippen molar-refractivity contribution in [1.82, 2.24) is 0 Å². The fourth-order valence-electron chi connectivity index (χ4n) is 1.86. The summed E-state index contributed by atoms with van der Waals surface area (Å²) in [6, 6.07) is 1.82. The van der Waals surface area contributed by atoms with E-state index >= 15 is 0 Å². The highest BCUT2D eigenvalue weighted by atomic mass is 16.6. The fraction of sp³-hybridized carbons (Fsp3) is 0.714. The molecule has 0 saturated carbocycles. The van der Waals surface area contributed by atoms with Gasteiger partial charge in [-0.05, 0) is 0 Å². The molecule has 0 aromatic carbocycles. The molecule has 0 bridgehead atoms. The minimum absolute atomic E-state index is 0.326. The van der Waals surface area contributed by atoms with Gasteiger partial charge in [-0.3, -0.25) is 14.4 Å². The Balaban J connectivity index is 5.48. The molecule has 0 heterocycles. The second-order valence-electron chi connectivity index (χ2n) is 4.51. The molecular formula is C14H21NO8. The summed E-state index contributed by atoms with van der Waals surface area (Å²) in [5, 5.41) is 9.12. The zero-order valence-electron chi connectivity index (χ0n) is 13.7. The molecule has 0 aliphatic rings. The molecule has 130 valence electrons. The number of carbonyl (C=O) groups is 3. The molecule has 23 heavy (non-hydrogen) atoms. The van der Waals surface area contributed by atoms with E-state index in [1.807, 2.05) is 6.07 Å². The number of esters is 3. The normalized spacial score (nSPS) is 15.5. The standard InChI is InChI=1S/C14H21NO8/c1-8(16)21-7-12(22-9(2)17)13(20-5)14(23-10(3)18)11(6-15)19-4/h11-14H,7H2,1-5H3/t11-,12-,13-,14-/m1/s1. The molecule has 0 radical (unpaired) electrons. The third-order valence-electron chi connectivity index (χ3n) is 2.71. The van der Waals surface area contributed by atoms with Crippen LogP contribution in [-0.4, -0.2) is 63.2 Å². The molecule has 9 heteroatoms. The van der Waals surface area contributed by atoms with Crippen LogP contribution in [0.2, 0.25) is 0 Å². The van der Waals surface area contributed by atoms with Crippen molar-refractivity contribution in [3.63, 3.8) is 0 Å². The second-order valence-corrected chi connectivity index (χ2v) is 4.51. The number of rotatable bonds is 9. The Hall–Kier alpha value is -2.18. The Kier molecular flexibility index (Phi) is 9.53. The highest BCUT2D eigenvalue weighted by Gasteiger charge is 2.40. The van der Waals surface area contributed by atoms with Crippen LogP contribution < -0.4 is 0 Å². The van der Waals surface area contributed by atoms with E-state index < -0.39 is 42.3 Å². The SMILES string of the molecule is CO[C@@H]([C@H](OC(C)=O)[C@@H](C#N)OC)[C@@H](COC(C)=O)OC(C)=O. The average Bonchev–Trinajstić information content (AvgIpc) is 2.45. The third kappa shape index (κ3) is 7.58. The lowest BCUT2D eigenvalue weighted by atomic mass is 10.0. The van der Waals surface area contributed by atoms with Crippen LogP contribution in [0.3, 0.4) is 0 Å². The number of ether oxygens (including phenoxy) is 5. The van der Waals surface area contributed by atoms with Crippen LogP contribution in [0.25, 0.3) is 0 Å². The molecule has 0 rings (SSSR count). The molecule has 0 amide bonds. The second kappa shape index (κ2) is 10.5.